The molecule has 0 aromatic carbocycles. The molecule has 1 aliphatic rings. The van der Waals surface area contributed by atoms with E-state index in [2.05, 4.69) is 10.3 Å². The predicted molar refractivity (Wildman–Crippen MR) is 75.6 cm³/mol. The first-order valence-corrected chi connectivity index (χ1v) is 8.12. The molecule has 0 atom stereocenters. The predicted octanol–water partition coefficient (Wildman–Crippen LogP) is -1.23. The van der Waals surface area contributed by atoms with Crippen LogP contribution < -0.4 is 10.9 Å². The normalized spacial score (nSPS) is 16.6. The third-order valence-electron chi connectivity index (χ3n) is 3.06. The van der Waals surface area contributed by atoms with Gasteiger partial charge in [-0.05, 0) is 6.07 Å². The largest absolute Gasteiger partial charge is 0.379 e. The molecule has 0 aliphatic carbocycles. The second-order valence-electron chi connectivity index (χ2n) is 4.52. The highest BCUT2D eigenvalue weighted by molar-refractivity contribution is 7.89. The van der Waals surface area contributed by atoms with E-state index in [1.54, 1.807) is 0 Å². The first kappa shape index (κ1) is 15.7. The van der Waals surface area contributed by atoms with Crippen LogP contribution in [0, 0.1) is 0 Å². The van der Waals surface area contributed by atoms with Crippen LogP contribution >= 0.6 is 0 Å². The van der Waals surface area contributed by atoms with Crippen LogP contribution in [0.4, 0.5) is 0 Å². The molecule has 1 saturated heterocycles. The van der Waals surface area contributed by atoms with Gasteiger partial charge < -0.3 is 15.0 Å². The molecule has 9 heteroatoms. The van der Waals surface area contributed by atoms with Gasteiger partial charge in [-0.2, -0.15) is 4.31 Å². The number of hydrogen-bond acceptors (Lipinski definition) is 5. The Balaban J connectivity index is 1.84. The van der Waals surface area contributed by atoms with Crippen LogP contribution in [0.25, 0.3) is 0 Å². The van der Waals surface area contributed by atoms with E-state index in [0.29, 0.717) is 26.3 Å². The first-order valence-electron chi connectivity index (χ1n) is 6.51. The van der Waals surface area contributed by atoms with Crippen molar-refractivity contribution < 1.29 is 17.9 Å². The van der Waals surface area contributed by atoms with Gasteiger partial charge in [0.05, 0.1) is 24.5 Å². The summed E-state index contributed by atoms with van der Waals surface area (Å²) in [7, 11) is -3.39. The van der Waals surface area contributed by atoms with Crippen LogP contribution in [-0.2, 0) is 14.8 Å². The lowest BCUT2D eigenvalue weighted by Crippen LogP contribution is -2.43. The number of hydrogen-bond donors (Lipinski definition) is 2. The molecule has 0 radical (unpaired) electrons. The lowest BCUT2D eigenvalue weighted by Gasteiger charge is -2.26. The molecular formula is C12H17N3O5S. The molecule has 21 heavy (non-hydrogen) atoms. The molecule has 0 saturated carbocycles. The van der Waals surface area contributed by atoms with Crippen molar-refractivity contribution in [2.24, 2.45) is 0 Å². The van der Waals surface area contributed by atoms with Crippen LogP contribution in [0.5, 0.6) is 0 Å². The number of rotatable bonds is 5. The summed E-state index contributed by atoms with van der Waals surface area (Å²) < 4.78 is 30.5. The molecule has 116 valence electrons. The van der Waals surface area contributed by atoms with Crippen molar-refractivity contribution in [3.05, 3.63) is 34.2 Å². The fourth-order valence-corrected chi connectivity index (χ4v) is 3.22. The zero-order valence-corrected chi connectivity index (χ0v) is 12.2. The van der Waals surface area contributed by atoms with Crippen molar-refractivity contribution in [2.75, 3.05) is 38.6 Å². The van der Waals surface area contributed by atoms with Crippen LogP contribution in [0.15, 0.2) is 23.1 Å². The molecule has 0 unspecified atom stereocenters. The highest BCUT2D eigenvalue weighted by Gasteiger charge is 2.23. The van der Waals surface area contributed by atoms with E-state index in [-0.39, 0.29) is 23.4 Å². The van der Waals surface area contributed by atoms with Gasteiger partial charge in [0.2, 0.25) is 15.6 Å². The van der Waals surface area contributed by atoms with Gasteiger partial charge in [0.15, 0.2) is 0 Å². The molecule has 1 aromatic heterocycles. The van der Waals surface area contributed by atoms with E-state index >= 15 is 0 Å². The van der Waals surface area contributed by atoms with Gasteiger partial charge in [0.25, 0.3) is 5.91 Å². The lowest BCUT2D eigenvalue weighted by atomic mass is 10.3. The Morgan fingerprint density at radius 1 is 1.33 bits per heavy atom. The number of pyridine rings is 1. The SMILES string of the molecule is O=C(NCCS(=O)(=O)N1CCOCC1)c1ccc(=O)[nH]c1. The van der Waals surface area contributed by atoms with E-state index in [4.69, 9.17) is 4.74 Å². The van der Waals surface area contributed by atoms with Crippen molar-refractivity contribution in [1.29, 1.82) is 0 Å². The third kappa shape index (κ3) is 4.38. The molecule has 0 spiro atoms. The standard InChI is InChI=1S/C12H17N3O5S/c16-11-2-1-10(9-14-11)12(17)13-3-8-21(18,19)15-4-6-20-7-5-15/h1-2,9H,3-8H2,(H,13,17)(H,14,16). The summed E-state index contributed by atoms with van der Waals surface area (Å²) in [6, 6.07) is 2.62. The second-order valence-corrected chi connectivity index (χ2v) is 6.61. The highest BCUT2D eigenvalue weighted by atomic mass is 32.2. The minimum Gasteiger partial charge on any atom is -0.379 e. The average molecular weight is 315 g/mol. The number of amides is 1. The second kappa shape index (κ2) is 6.83. The number of H-pyrrole nitrogens is 1. The summed E-state index contributed by atoms with van der Waals surface area (Å²) >= 11 is 0. The van der Waals surface area contributed by atoms with E-state index in [9.17, 15) is 18.0 Å². The Morgan fingerprint density at radius 3 is 2.67 bits per heavy atom. The summed E-state index contributed by atoms with van der Waals surface area (Å²) in [5.74, 6) is -0.592. The molecule has 1 amide bonds. The number of morpholine rings is 1. The monoisotopic (exact) mass is 315 g/mol. The Hall–Kier alpha value is -1.71. The van der Waals surface area contributed by atoms with Crippen molar-refractivity contribution in [3.63, 3.8) is 0 Å². The maximum Gasteiger partial charge on any atom is 0.252 e. The minimum atomic E-state index is -3.39. The highest BCUT2D eigenvalue weighted by Crippen LogP contribution is 2.05. The van der Waals surface area contributed by atoms with E-state index in [1.807, 2.05) is 0 Å². The maximum atomic E-state index is 12.0. The molecule has 2 heterocycles. The minimum absolute atomic E-state index is 0.0116. The van der Waals surface area contributed by atoms with Gasteiger partial charge in [-0.3, -0.25) is 9.59 Å². The number of sulfonamides is 1. The maximum absolute atomic E-state index is 12.0. The van der Waals surface area contributed by atoms with E-state index < -0.39 is 15.9 Å². The summed E-state index contributed by atoms with van der Waals surface area (Å²) in [5, 5.41) is 2.52. The van der Waals surface area contributed by atoms with Gasteiger partial charge in [0.1, 0.15) is 0 Å². The number of aromatic nitrogens is 1. The van der Waals surface area contributed by atoms with Crippen molar-refractivity contribution in [2.45, 2.75) is 0 Å². The van der Waals surface area contributed by atoms with Crippen LogP contribution in [0.3, 0.4) is 0 Å². The zero-order valence-electron chi connectivity index (χ0n) is 11.4. The molecule has 1 aromatic rings. The fourth-order valence-electron chi connectivity index (χ4n) is 1.90. The summed E-state index contributed by atoms with van der Waals surface area (Å²) in [5.41, 5.74) is -0.0279. The van der Waals surface area contributed by atoms with Crippen molar-refractivity contribution in [3.8, 4) is 0 Å². The van der Waals surface area contributed by atoms with Gasteiger partial charge in [-0.25, -0.2) is 8.42 Å². The van der Waals surface area contributed by atoms with E-state index in [0.717, 1.165) is 0 Å². The van der Waals surface area contributed by atoms with Gasteiger partial charge >= 0.3 is 0 Å². The third-order valence-corrected chi connectivity index (χ3v) is 4.93. The number of ether oxygens (including phenoxy) is 1. The number of carbonyl (C=O) groups excluding carboxylic acids is 1. The number of carbonyl (C=O) groups is 1. The van der Waals surface area contributed by atoms with E-state index in [1.165, 1.54) is 22.6 Å². The quantitative estimate of drug-likeness (QED) is 0.707. The smallest absolute Gasteiger partial charge is 0.252 e. The molecule has 1 fully saturated rings. The molecule has 2 rings (SSSR count). The van der Waals surface area contributed by atoms with Crippen LogP contribution in [0.2, 0.25) is 0 Å². The number of nitrogens with zero attached hydrogens (tertiary/aromatic N) is 1. The van der Waals surface area contributed by atoms with Gasteiger partial charge in [-0.1, -0.05) is 0 Å². The van der Waals surface area contributed by atoms with Gasteiger partial charge in [0, 0.05) is 31.9 Å². The summed E-state index contributed by atoms with van der Waals surface area (Å²) in [4.78, 5) is 25.0. The van der Waals surface area contributed by atoms with Crippen LogP contribution in [0.1, 0.15) is 10.4 Å². The Kier molecular flexibility index (Phi) is 5.10. The molecular weight excluding hydrogens is 298 g/mol. The van der Waals surface area contributed by atoms with Crippen LogP contribution in [-0.4, -0.2) is 62.2 Å². The molecule has 1 aliphatic heterocycles. The Labute approximate surface area is 122 Å². The number of nitrogens with one attached hydrogen (secondary N) is 2. The molecule has 8 nitrogen and oxygen atoms in total. The Morgan fingerprint density at radius 2 is 2.05 bits per heavy atom. The summed E-state index contributed by atoms with van der Waals surface area (Å²) in [6.07, 6.45) is 1.29. The zero-order chi connectivity index (χ0) is 15.3. The summed E-state index contributed by atoms with van der Waals surface area (Å²) in [6.45, 7) is 1.48. The number of aromatic amines is 1. The Bertz CT molecular complexity index is 629. The van der Waals surface area contributed by atoms with Crippen molar-refractivity contribution in [1.82, 2.24) is 14.6 Å². The molecule has 2 N–H and O–H groups in total. The first-order chi connectivity index (χ1) is 9.99. The lowest BCUT2D eigenvalue weighted by molar-refractivity contribution is 0.0730. The van der Waals surface area contributed by atoms with Crippen molar-refractivity contribution >= 4 is 15.9 Å². The fraction of sp³-hybridized carbons (Fsp3) is 0.500. The molecule has 0 bridgehead atoms. The topological polar surface area (TPSA) is 109 Å². The van der Waals surface area contributed by atoms with Gasteiger partial charge in [-0.15, -0.1) is 0 Å². The average Bonchev–Trinajstić information content (AvgIpc) is 2.48.